The summed E-state index contributed by atoms with van der Waals surface area (Å²) in [5.41, 5.74) is 0.682. The molecule has 0 atom stereocenters. The Morgan fingerprint density at radius 2 is 2.50 bits per heavy atom. The van der Waals surface area contributed by atoms with E-state index in [1.807, 2.05) is 4.68 Å². The zero-order chi connectivity index (χ0) is 8.39. The van der Waals surface area contributed by atoms with E-state index in [1.165, 1.54) is 19.3 Å². The van der Waals surface area contributed by atoms with Crippen LogP contribution in [-0.2, 0) is 6.54 Å². The second kappa shape index (κ2) is 2.98. The molecule has 62 valence electrons. The fourth-order valence-electron chi connectivity index (χ4n) is 1.49. The number of nitriles is 1. The molecule has 0 N–H and O–H groups in total. The maximum Gasteiger partial charge on any atom is 0.138 e. The summed E-state index contributed by atoms with van der Waals surface area (Å²) < 4.78 is 1.81. The largest absolute Gasteiger partial charge is 0.255 e. The zero-order valence-corrected chi connectivity index (χ0v) is 6.90. The maximum atomic E-state index is 8.70. The van der Waals surface area contributed by atoms with E-state index >= 15 is 0 Å². The van der Waals surface area contributed by atoms with E-state index < -0.39 is 0 Å². The molecule has 1 aromatic heterocycles. The van der Waals surface area contributed by atoms with Crippen molar-refractivity contribution in [2.45, 2.75) is 25.8 Å². The Bertz CT molecular complexity index is 304. The first-order chi connectivity index (χ1) is 5.90. The van der Waals surface area contributed by atoms with Gasteiger partial charge in [-0.3, -0.25) is 4.68 Å². The van der Waals surface area contributed by atoms with E-state index in [0.717, 1.165) is 12.5 Å². The number of nitrogens with zero attached hydrogens (tertiary/aromatic N) is 3. The van der Waals surface area contributed by atoms with Crippen LogP contribution in [-0.4, -0.2) is 9.78 Å². The molecule has 0 amide bonds. The average molecular weight is 161 g/mol. The summed E-state index contributed by atoms with van der Waals surface area (Å²) in [5.74, 6) is 0.761. The molecule has 2 rings (SSSR count). The van der Waals surface area contributed by atoms with E-state index in [9.17, 15) is 0 Å². The highest BCUT2D eigenvalue weighted by atomic mass is 15.3. The highest BCUT2D eigenvalue weighted by molar-refractivity contribution is 5.18. The molecule has 1 fully saturated rings. The Morgan fingerprint density at radius 1 is 1.67 bits per heavy atom. The third-order valence-corrected chi connectivity index (χ3v) is 2.49. The predicted molar refractivity (Wildman–Crippen MR) is 44.3 cm³/mol. The summed E-state index contributed by atoms with van der Waals surface area (Å²) in [4.78, 5) is 0. The minimum atomic E-state index is 0.682. The Kier molecular flexibility index (Phi) is 1.83. The molecular weight excluding hydrogens is 150 g/mol. The number of hydrogen-bond acceptors (Lipinski definition) is 2. The quantitative estimate of drug-likeness (QED) is 0.660. The third-order valence-electron chi connectivity index (χ3n) is 2.49. The van der Waals surface area contributed by atoms with Crippen LogP contribution in [0.4, 0.5) is 0 Å². The fourth-order valence-corrected chi connectivity index (χ4v) is 1.49. The molecule has 1 aromatic rings. The van der Waals surface area contributed by atoms with Gasteiger partial charge in [0.05, 0.1) is 6.20 Å². The van der Waals surface area contributed by atoms with Crippen LogP contribution < -0.4 is 0 Å². The van der Waals surface area contributed by atoms with Gasteiger partial charge in [-0.05, 0) is 24.8 Å². The van der Waals surface area contributed by atoms with E-state index in [0.29, 0.717) is 5.69 Å². The normalized spacial score (nSPS) is 16.9. The van der Waals surface area contributed by atoms with Crippen LogP contribution in [0, 0.1) is 17.2 Å². The molecule has 1 aliphatic carbocycles. The molecule has 3 heteroatoms. The SMILES string of the molecule is N#Cc1ccnn1CC1CCC1. The standard InChI is InChI=1S/C9H11N3/c10-6-9-4-5-11-12(9)7-8-2-1-3-8/h4-5,8H,1-3,7H2. The molecule has 0 bridgehead atoms. The molecule has 1 aliphatic rings. The fraction of sp³-hybridized carbons (Fsp3) is 0.556. The summed E-state index contributed by atoms with van der Waals surface area (Å²) in [6.07, 6.45) is 5.63. The first-order valence-corrected chi connectivity index (χ1v) is 4.32. The van der Waals surface area contributed by atoms with Gasteiger partial charge in [0.2, 0.25) is 0 Å². The lowest BCUT2D eigenvalue weighted by molar-refractivity contribution is 0.265. The summed E-state index contributed by atoms with van der Waals surface area (Å²) in [5, 5.41) is 12.8. The second-order valence-electron chi connectivity index (χ2n) is 3.31. The van der Waals surface area contributed by atoms with Gasteiger partial charge < -0.3 is 0 Å². The van der Waals surface area contributed by atoms with Gasteiger partial charge in [-0.25, -0.2) is 0 Å². The maximum absolute atomic E-state index is 8.70. The number of hydrogen-bond donors (Lipinski definition) is 0. The van der Waals surface area contributed by atoms with Crippen LogP contribution in [0.15, 0.2) is 12.3 Å². The van der Waals surface area contributed by atoms with Crippen LogP contribution in [0.25, 0.3) is 0 Å². The van der Waals surface area contributed by atoms with Crippen molar-refractivity contribution >= 4 is 0 Å². The summed E-state index contributed by atoms with van der Waals surface area (Å²) in [6, 6.07) is 3.89. The van der Waals surface area contributed by atoms with Crippen molar-refractivity contribution in [3.05, 3.63) is 18.0 Å². The smallest absolute Gasteiger partial charge is 0.138 e. The van der Waals surface area contributed by atoms with Crippen molar-refractivity contribution in [2.24, 2.45) is 5.92 Å². The number of rotatable bonds is 2. The van der Waals surface area contributed by atoms with Crippen molar-refractivity contribution in [2.75, 3.05) is 0 Å². The number of aromatic nitrogens is 2. The molecular formula is C9H11N3. The summed E-state index contributed by atoms with van der Waals surface area (Å²) in [6.45, 7) is 0.926. The van der Waals surface area contributed by atoms with Gasteiger partial charge in [0.15, 0.2) is 0 Å². The van der Waals surface area contributed by atoms with E-state index in [4.69, 9.17) is 5.26 Å². The van der Waals surface area contributed by atoms with Crippen molar-refractivity contribution in [1.29, 1.82) is 5.26 Å². The zero-order valence-electron chi connectivity index (χ0n) is 6.90. The lowest BCUT2D eigenvalue weighted by atomic mass is 9.85. The molecule has 0 spiro atoms. The minimum absolute atomic E-state index is 0.682. The van der Waals surface area contributed by atoms with Gasteiger partial charge in [-0.2, -0.15) is 10.4 Å². The molecule has 1 heterocycles. The molecule has 1 saturated carbocycles. The first-order valence-electron chi connectivity index (χ1n) is 4.32. The van der Waals surface area contributed by atoms with Gasteiger partial charge in [-0.1, -0.05) is 6.42 Å². The van der Waals surface area contributed by atoms with Crippen LogP contribution in [0.1, 0.15) is 25.0 Å². The predicted octanol–water partition coefficient (Wildman–Crippen LogP) is 1.55. The van der Waals surface area contributed by atoms with Gasteiger partial charge >= 0.3 is 0 Å². The van der Waals surface area contributed by atoms with E-state index in [2.05, 4.69) is 11.2 Å². The van der Waals surface area contributed by atoms with Gasteiger partial charge in [0, 0.05) is 6.54 Å². The molecule has 12 heavy (non-hydrogen) atoms. The third kappa shape index (κ3) is 1.20. The molecule has 0 radical (unpaired) electrons. The Balaban J connectivity index is 2.06. The van der Waals surface area contributed by atoms with Crippen molar-refractivity contribution in [3.63, 3.8) is 0 Å². The molecule has 0 saturated heterocycles. The van der Waals surface area contributed by atoms with Crippen LogP contribution in [0.2, 0.25) is 0 Å². The van der Waals surface area contributed by atoms with Gasteiger partial charge in [-0.15, -0.1) is 0 Å². The molecule has 3 nitrogen and oxygen atoms in total. The lowest BCUT2D eigenvalue weighted by Gasteiger charge is -2.25. The van der Waals surface area contributed by atoms with Crippen LogP contribution >= 0.6 is 0 Å². The van der Waals surface area contributed by atoms with Gasteiger partial charge in [0.25, 0.3) is 0 Å². The highest BCUT2D eigenvalue weighted by Gasteiger charge is 2.18. The van der Waals surface area contributed by atoms with E-state index in [-0.39, 0.29) is 0 Å². The topological polar surface area (TPSA) is 41.6 Å². The van der Waals surface area contributed by atoms with Crippen LogP contribution in [0.5, 0.6) is 0 Å². The minimum Gasteiger partial charge on any atom is -0.255 e. The molecule has 0 aromatic carbocycles. The average Bonchev–Trinajstić information content (AvgIpc) is 2.43. The second-order valence-corrected chi connectivity index (χ2v) is 3.31. The molecule has 0 aliphatic heterocycles. The summed E-state index contributed by atoms with van der Waals surface area (Å²) >= 11 is 0. The lowest BCUT2D eigenvalue weighted by Crippen LogP contribution is -2.19. The Morgan fingerprint density at radius 3 is 3.08 bits per heavy atom. The van der Waals surface area contributed by atoms with Crippen LogP contribution in [0.3, 0.4) is 0 Å². The van der Waals surface area contributed by atoms with Gasteiger partial charge in [0.1, 0.15) is 11.8 Å². The van der Waals surface area contributed by atoms with Crippen molar-refractivity contribution in [3.8, 4) is 6.07 Å². The van der Waals surface area contributed by atoms with Crippen molar-refractivity contribution < 1.29 is 0 Å². The monoisotopic (exact) mass is 161 g/mol. The molecule has 0 unspecified atom stereocenters. The Labute approximate surface area is 71.6 Å². The Hall–Kier alpha value is -1.30. The van der Waals surface area contributed by atoms with E-state index in [1.54, 1.807) is 12.3 Å². The first kappa shape index (κ1) is 7.35. The highest BCUT2D eigenvalue weighted by Crippen LogP contribution is 2.27. The van der Waals surface area contributed by atoms with Crippen molar-refractivity contribution in [1.82, 2.24) is 9.78 Å². The summed E-state index contributed by atoms with van der Waals surface area (Å²) in [7, 11) is 0.